The molecule has 5 rings (SSSR count). The zero-order chi connectivity index (χ0) is 21.2. The Morgan fingerprint density at radius 3 is 2.48 bits per heavy atom. The van der Waals surface area contributed by atoms with E-state index in [4.69, 9.17) is 9.72 Å². The number of aromatic nitrogens is 2. The predicted octanol–water partition coefficient (Wildman–Crippen LogP) is 2.49. The van der Waals surface area contributed by atoms with Crippen molar-refractivity contribution in [3.05, 3.63) is 57.7 Å². The van der Waals surface area contributed by atoms with Crippen molar-refractivity contribution in [2.45, 2.75) is 20.0 Å². The van der Waals surface area contributed by atoms with Gasteiger partial charge in [-0.3, -0.25) is 14.6 Å². The average Bonchev–Trinajstić information content (AvgIpc) is 3.44. The molecule has 2 fully saturated rings. The number of morpholine rings is 1. The van der Waals surface area contributed by atoms with E-state index < -0.39 is 0 Å². The number of carbonyl (C=O) groups is 1. The van der Waals surface area contributed by atoms with Gasteiger partial charge in [0.1, 0.15) is 5.65 Å². The molecule has 0 radical (unpaired) electrons. The summed E-state index contributed by atoms with van der Waals surface area (Å²) in [6.45, 7) is 10.4. The SMILES string of the molecule is Cc1cccn2c(CN3CCN(Cc4cccs4)CC3)c(C(=O)N3CCOCC3)nc12. The third kappa shape index (κ3) is 4.39. The number of fused-ring (bicyclic) bond motifs is 1. The van der Waals surface area contributed by atoms with Gasteiger partial charge in [0.15, 0.2) is 5.69 Å². The molecule has 7 nitrogen and oxygen atoms in total. The van der Waals surface area contributed by atoms with Crippen molar-refractivity contribution < 1.29 is 9.53 Å². The predicted molar refractivity (Wildman–Crippen MR) is 122 cm³/mol. The molecule has 0 aliphatic carbocycles. The highest BCUT2D eigenvalue weighted by Crippen LogP contribution is 2.21. The maximum Gasteiger partial charge on any atom is 0.274 e. The molecule has 0 aromatic carbocycles. The number of rotatable bonds is 5. The van der Waals surface area contributed by atoms with E-state index >= 15 is 0 Å². The highest BCUT2D eigenvalue weighted by Gasteiger charge is 2.27. The fourth-order valence-electron chi connectivity index (χ4n) is 4.43. The van der Waals surface area contributed by atoms with Gasteiger partial charge in [-0.2, -0.15) is 0 Å². The third-order valence-corrected chi connectivity index (χ3v) is 7.10. The van der Waals surface area contributed by atoms with E-state index in [1.807, 2.05) is 28.5 Å². The van der Waals surface area contributed by atoms with Crippen LogP contribution in [0, 0.1) is 6.92 Å². The van der Waals surface area contributed by atoms with Gasteiger partial charge in [-0.25, -0.2) is 4.98 Å². The van der Waals surface area contributed by atoms with Gasteiger partial charge in [0.05, 0.1) is 18.9 Å². The normalized spacial score (nSPS) is 18.7. The van der Waals surface area contributed by atoms with Crippen LogP contribution in [0.25, 0.3) is 5.65 Å². The van der Waals surface area contributed by atoms with Crippen LogP contribution in [0.5, 0.6) is 0 Å². The molecule has 3 aromatic rings. The number of piperazine rings is 1. The molecule has 2 aliphatic heterocycles. The molecule has 2 aliphatic rings. The van der Waals surface area contributed by atoms with Gasteiger partial charge in [-0.05, 0) is 30.0 Å². The van der Waals surface area contributed by atoms with E-state index in [0.717, 1.165) is 56.2 Å². The molecule has 0 saturated carbocycles. The van der Waals surface area contributed by atoms with Crippen molar-refractivity contribution in [3.63, 3.8) is 0 Å². The second kappa shape index (κ2) is 9.08. The maximum absolute atomic E-state index is 13.3. The molecule has 5 heterocycles. The summed E-state index contributed by atoms with van der Waals surface area (Å²) >= 11 is 1.82. The van der Waals surface area contributed by atoms with Crippen LogP contribution < -0.4 is 0 Å². The van der Waals surface area contributed by atoms with Gasteiger partial charge in [-0.15, -0.1) is 11.3 Å². The number of nitrogens with zero attached hydrogens (tertiary/aromatic N) is 5. The molecule has 0 spiro atoms. The molecule has 8 heteroatoms. The number of hydrogen-bond donors (Lipinski definition) is 0. The van der Waals surface area contributed by atoms with E-state index in [-0.39, 0.29) is 5.91 Å². The summed E-state index contributed by atoms with van der Waals surface area (Å²) in [6.07, 6.45) is 2.04. The third-order valence-electron chi connectivity index (χ3n) is 6.24. The van der Waals surface area contributed by atoms with Gasteiger partial charge in [0.25, 0.3) is 5.91 Å². The Morgan fingerprint density at radius 2 is 1.77 bits per heavy atom. The highest BCUT2D eigenvalue weighted by atomic mass is 32.1. The standard InChI is InChI=1S/C23H29N5O2S/c1-18-4-2-6-28-20(21(24-22(18)28)23(29)27-11-13-30-14-12-27)17-26-9-7-25(8-10-26)16-19-5-3-15-31-19/h2-6,15H,7-14,16-17H2,1H3. The van der Waals surface area contributed by atoms with Crippen LogP contribution in [0.4, 0.5) is 0 Å². The Morgan fingerprint density at radius 1 is 1.03 bits per heavy atom. The first-order valence-electron chi connectivity index (χ1n) is 11.0. The smallest absolute Gasteiger partial charge is 0.274 e. The lowest BCUT2D eigenvalue weighted by molar-refractivity contribution is 0.0297. The Labute approximate surface area is 186 Å². The molecule has 0 N–H and O–H groups in total. The molecule has 0 unspecified atom stereocenters. The minimum Gasteiger partial charge on any atom is -0.378 e. The molecule has 2 saturated heterocycles. The minimum atomic E-state index is 0.0257. The Kier molecular flexibility index (Phi) is 6.04. The number of aryl methyl sites for hydroxylation is 1. The molecule has 0 bridgehead atoms. The van der Waals surface area contributed by atoms with E-state index in [9.17, 15) is 4.79 Å². The lowest BCUT2D eigenvalue weighted by Crippen LogP contribution is -2.46. The first kappa shape index (κ1) is 20.6. The van der Waals surface area contributed by atoms with Crippen LogP contribution in [-0.4, -0.2) is 82.5 Å². The topological polar surface area (TPSA) is 53.3 Å². The second-order valence-electron chi connectivity index (χ2n) is 8.33. The lowest BCUT2D eigenvalue weighted by atomic mass is 10.2. The fraction of sp³-hybridized carbons (Fsp3) is 0.478. The van der Waals surface area contributed by atoms with Crippen LogP contribution in [0.2, 0.25) is 0 Å². The summed E-state index contributed by atoms with van der Waals surface area (Å²) in [5.74, 6) is 0.0257. The highest BCUT2D eigenvalue weighted by molar-refractivity contribution is 7.09. The van der Waals surface area contributed by atoms with Gasteiger partial charge >= 0.3 is 0 Å². The average molecular weight is 440 g/mol. The maximum atomic E-state index is 13.3. The van der Waals surface area contributed by atoms with Crippen LogP contribution in [0.15, 0.2) is 35.8 Å². The van der Waals surface area contributed by atoms with Crippen molar-refractivity contribution in [2.75, 3.05) is 52.5 Å². The van der Waals surface area contributed by atoms with Crippen LogP contribution in [0.1, 0.15) is 26.6 Å². The first-order chi connectivity index (χ1) is 15.2. The Hall–Kier alpha value is -2.26. The molecule has 164 valence electrons. The first-order valence-corrected chi connectivity index (χ1v) is 11.9. The number of hydrogen-bond acceptors (Lipinski definition) is 6. The van der Waals surface area contributed by atoms with Crippen molar-refractivity contribution in [3.8, 4) is 0 Å². The number of carbonyl (C=O) groups excluding carboxylic acids is 1. The number of amides is 1. The van der Waals surface area contributed by atoms with Crippen molar-refractivity contribution in [1.82, 2.24) is 24.1 Å². The summed E-state index contributed by atoms with van der Waals surface area (Å²) in [7, 11) is 0. The van der Waals surface area contributed by atoms with E-state index in [1.54, 1.807) is 0 Å². The monoisotopic (exact) mass is 439 g/mol. The molecular weight excluding hydrogens is 410 g/mol. The summed E-state index contributed by atoms with van der Waals surface area (Å²) in [6, 6.07) is 8.42. The lowest BCUT2D eigenvalue weighted by Gasteiger charge is -2.34. The van der Waals surface area contributed by atoms with Crippen molar-refractivity contribution >= 4 is 22.9 Å². The van der Waals surface area contributed by atoms with E-state index in [1.165, 1.54) is 4.88 Å². The molecular formula is C23H29N5O2S. The van der Waals surface area contributed by atoms with Crippen molar-refractivity contribution in [2.24, 2.45) is 0 Å². The fourth-order valence-corrected chi connectivity index (χ4v) is 5.18. The molecule has 0 atom stereocenters. The summed E-state index contributed by atoms with van der Waals surface area (Å²) in [4.78, 5) is 26.4. The van der Waals surface area contributed by atoms with Crippen LogP contribution in [-0.2, 0) is 17.8 Å². The van der Waals surface area contributed by atoms with E-state index in [0.29, 0.717) is 32.0 Å². The van der Waals surface area contributed by atoms with Crippen LogP contribution >= 0.6 is 11.3 Å². The van der Waals surface area contributed by atoms with Crippen molar-refractivity contribution in [1.29, 1.82) is 0 Å². The van der Waals surface area contributed by atoms with Gasteiger partial charge in [0.2, 0.25) is 0 Å². The van der Waals surface area contributed by atoms with E-state index in [2.05, 4.69) is 44.7 Å². The Balaban J connectivity index is 1.35. The molecule has 3 aromatic heterocycles. The van der Waals surface area contributed by atoms with Gasteiger partial charge in [-0.1, -0.05) is 12.1 Å². The summed E-state index contributed by atoms with van der Waals surface area (Å²) in [5.41, 5.74) is 3.56. The number of thiophene rings is 1. The quantitative estimate of drug-likeness (QED) is 0.612. The number of ether oxygens (including phenoxy) is 1. The zero-order valence-electron chi connectivity index (χ0n) is 18.0. The van der Waals surface area contributed by atoms with Gasteiger partial charge in [0, 0.05) is 63.4 Å². The van der Waals surface area contributed by atoms with Gasteiger partial charge < -0.3 is 14.0 Å². The van der Waals surface area contributed by atoms with Crippen LogP contribution in [0.3, 0.4) is 0 Å². The summed E-state index contributed by atoms with van der Waals surface area (Å²) in [5, 5.41) is 2.14. The molecule has 1 amide bonds. The Bertz CT molecular complexity index is 1030. The number of imidazole rings is 1. The molecule has 31 heavy (non-hydrogen) atoms. The number of pyridine rings is 1. The zero-order valence-corrected chi connectivity index (χ0v) is 18.8. The summed E-state index contributed by atoms with van der Waals surface area (Å²) < 4.78 is 7.54. The largest absolute Gasteiger partial charge is 0.378 e. The second-order valence-corrected chi connectivity index (χ2v) is 9.36. The minimum absolute atomic E-state index is 0.0257.